The number of pyridine rings is 1. The molecule has 48 heavy (non-hydrogen) atoms. The number of ether oxygens (including phenoxy) is 1. The molecule has 256 valence electrons. The topological polar surface area (TPSA) is 94.7 Å². The fraction of sp³-hybridized carbons (Fsp3) is 0.342. The van der Waals surface area contributed by atoms with E-state index in [1.54, 1.807) is 4.57 Å². The molecule has 0 unspecified atom stereocenters. The van der Waals surface area contributed by atoms with Gasteiger partial charge in [-0.25, -0.2) is 0 Å². The molecule has 0 bridgehead atoms. The van der Waals surface area contributed by atoms with Crippen molar-refractivity contribution >= 4 is 58.9 Å². The number of hydrogen-bond donors (Lipinski definition) is 3. The molecule has 1 aromatic heterocycles. The second-order valence-corrected chi connectivity index (χ2v) is 12.9. The van der Waals surface area contributed by atoms with Gasteiger partial charge in [-0.05, 0) is 120 Å². The summed E-state index contributed by atoms with van der Waals surface area (Å²) < 4.78 is 7.95. The molecule has 10 heteroatoms. The van der Waals surface area contributed by atoms with E-state index in [1.165, 1.54) is 0 Å². The summed E-state index contributed by atoms with van der Waals surface area (Å²) in [5.41, 5.74) is 8.80. The highest BCUT2D eigenvalue weighted by molar-refractivity contribution is 6.33. The minimum Gasteiger partial charge on any atom is -0.494 e. The van der Waals surface area contributed by atoms with Crippen molar-refractivity contribution in [1.82, 2.24) is 14.9 Å². The Morgan fingerprint density at radius 3 is 2.48 bits per heavy atom. The first-order chi connectivity index (χ1) is 22.8. The monoisotopic (exact) mass is 690 g/mol. The van der Waals surface area contributed by atoms with Gasteiger partial charge in [0.2, 0.25) is 6.41 Å². The van der Waals surface area contributed by atoms with Crippen LogP contribution in [-0.4, -0.2) is 47.9 Å². The SMILES string of the molecule is CC(C)=NN(C)/C(C)=C/c1c(Cl)ccc(/C(=C/C=C/n2cccc(C)c2=N)CCCOc2cc(C)c(Cl)c(C)c2)c1N[C@H](C)CNC=O. The number of carbonyl (C=O) groups is 1. The Hall–Kier alpha value is -4.27. The maximum Gasteiger partial charge on any atom is 0.207 e. The summed E-state index contributed by atoms with van der Waals surface area (Å²) in [7, 11) is 1.91. The molecule has 0 spiro atoms. The van der Waals surface area contributed by atoms with Crippen LogP contribution in [0.4, 0.5) is 5.69 Å². The molecule has 0 aliphatic heterocycles. The van der Waals surface area contributed by atoms with Crippen molar-refractivity contribution < 1.29 is 9.53 Å². The molecular formula is C38H48Cl2N6O2. The van der Waals surface area contributed by atoms with Gasteiger partial charge in [0.15, 0.2) is 0 Å². The van der Waals surface area contributed by atoms with Gasteiger partial charge in [0, 0.05) is 64.6 Å². The van der Waals surface area contributed by atoms with Crippen LogP contribution < -0.4 is 20.9 Å². The standard InChI is InChI=1S/C38H48Cl2N6O2/c1-25(2)44-45(8)30(7)22-34-35(39)16-15-33(37(34)43-29(6)23-42-24-47)31(13-10-18-46-17-9-12-26(3)38(46)41)14-11-19-48-32-20-27(4)36(40)28(5)21-32/h9-10,12-13,15-18,20-22,24,29,41,43H,11,14,19,23H2,1-8H3,(H,42,47)/b18-10+,30-22+,31-13+,41-38?/t29-/m1/s1. The molecule has 3 rings (SSSR count). The van der Waals surface area contributed by atoms with Crippen LogP contribution in [0.2, 0.25) is 10.0 Å². The Morgan fingerprint density at radius 2 is 1.81 bits per heavy atom. The van der Waals surface area contributed by atoms with E-state index >= 15 is 0 Å². The molecule has 0 radical (unpaired) electrons. The van der Waals surface area contributed by atoms with E-state index in [9.17, 15) is 4.79 Å². The fourth-order valence-corrected chi connectivity index (χ4v) is 5.45. The number of hydrazone groups is 1. The predicted molar refractivity (Wildman–Crippen MR) is 203 cm³/mol. The zero-order valence-electron chi connectivity index (χ0n) is 29.2. The van der Waals surface area contributed by atoms with Gasteiger partial charge in [0.05, 0.1) is 12.3 Å². The van der Waals surface area contributed by atoms with Crippen molar-refractivity contribution in [3.63, 3.8) is 0 Å². The molecule has 3 aromatic rings. The summed E-state index contributed by atoms with van der Waals surface area (Å²) in [6, 6.07) is 11.6. The fourth-order valence-electron chi connectivity index (χ4n) is 5.13. The van der Waals surface area contributed by atoms with E-state index in [0.29, 0.717) is 36.5 Å². The minimum atomic E-state index is -0.0984. The molecule has 3 N–H and O–H groups in total. The smallest absolute Gasteiger partial charge is 0.207 e. The Kier molecular flexibility index (Phi) is 14.6. The van der Waals surface area contributed by atoms with Crippen LogP contribution in [0.3, 0.4) is 0 Å². The van der Waals surface area contributed by atoms with Crippen molar-refractivity contribution in [2.24, 2.45) is 5.10 Å². The lowest BCUT2D eigenvalue weighted by Gasteiger charge is -2.23. The third-order valence-corrected chi connectivity index (χ3v) is 8.61. The number of anilines is 1. The summed E-state index contributed by atoms with van der Waals surface area (Å²) >= 11 is 13.3. The maximum absolute atomic E-state index is 11.1. The average molecular weight is 692 g/mol. The highest BCUT2D eigenvalue weighted by atomic mass is 35.5. The van der Waals surface area contributed by atoms with E-state index in [4.69, 9.17) is 33.3 Å². The molecule has 0 saturated heterocycles. The molecular weight excluding hydrogens is 643 g/mol. The van der Waals surface area contributed by atoms with Crippen LogP contribution in [0.15, 0.2) is 65.5 Å². The number of nitrogens with zero attached hydrogens (tertiary/aromatic N) is 3. The van der Waals surface area contributed by atoms with Crippen LogP contribution in [0.1, 0.15) is 68.4 Å². The van der Waals surface area contributed by atoms with Crippen LogP contribution in [-0.2, 0) is 4.79 Å². The number of nitrogens with one attached hydrogen (secondary N) is 3. The van der Waals surface area contributed by atoms with E-state index in [2.05, 4.69) is 21.8 Å². The molecule has 1 heterocycles. The van der Waals surface area contributed by atoms with Crippen molar-refractivity contribution in [2.45, 2.75) is 67.3 Å². The molecule has 8 nitrogen and oxygen atoms in total. The number of aryl methyl sites for hydroxylation is 3. The number of amides is 1. The average Bonchev–Trinajstić information content (AvgIpc) is 3.03. The van der Waals surface area contributed by atoms with Gasteiger partial charge in [-0.3, -0.25) is 15.2 Å². The number of carbonyl (C=O) groups excluding carboxylic acids is 1. The number of allylic oxidation sites excluding steroid dienone is 4. The number of hydrogen-bond acceptors (Lipinski definition) is 6. The first kappa shape index (κ1) is 38.2. The lowest BCUT2D eigenvalue weighted by atomic mass is 9.95. The summed E-state index contributed by atoms with van der Waals surface area (Å²) in [6.07, 6.45) is 11.9. The Balaban J connectivity index is 2.10. The molecule has 1 amide bonds. The molecule has 0 fully saturated rings. The Morgan fingerprint density at radius 1 is 1.10 bits per heavy atom. The second-order valence-electron chi connectivity index (χ2n) is 12.1. The zero-order chi connectivity index (χ0) is 35.4. The third kappa shape index (κ3) is 10.9. The minimum absolute atomic E-state index is 0.0984. The van der Waals surface area contributed by atoms with Crippen molar-refractivity contribution in [3.05, 3.63) is 104 Å². The van der Waals surface area contributed by atoms with Crippen LogP contribution in [0.5, 0.6) is 5.75 Å². The van der Waals surface area contributed by atoms with E-state index in [-0.39, 0.29) is 6.04 Å². The number of benzene rings is 2. The van der Waals surface area contributed by atoms with Crippen molar-refractivity contribution in [2.75, 3.05) is 25.5 Å². The quantitative estimate of drug-likeness (QED) is 0.0460. The second kappa shape index (κ2) is 18.3. The predicted octanol–water partition coefficient (Wildman–Crippen LogP) is 8.85. The molecule has 0 aliphatic carbocycles. The van der Waals surface area contributed by atoms with E-state index < -0.39 is 0 Å². The summed E-state index contributed by atoms with van der Waals surface area (Å²) in [4.78, 5) is 11.1. The van der Waals surface area contributed by atoms with Gasteiger partial charge in [0.1, 0.15) is 11.2 Å². The number of aromatic nitrogens is 1. The van der Waals surface area contributed by atoms with Gasteiger partial charge in [-0.2, -0.15) is 5.10 Å². The van der Waals surface area contributed by atoms with Crippen LogP contribution in [0, 0.1) is 26.2 Å². The van der Waals surface area contributed by atoms with Gasteiger partial charge >= 0.3 is 0 Å². The first-order valence-electron chi connectivity index (χ1n) is 16.0. The number of halogens is 2. The normalized spacial score (nSPS) is 12.5. The van der Waals surface area contributed by atoms with Crippen molar-refractivity contribution in [1.29, 1.82) is 5.41 Å². The Labute approximate surface area is 295 Å². The molecule has 0 aliphatic rings. The van der Waals surface area contributed by atoms with E-state index in [1.807, 2.05) is 121 Å². The molecule has 2 aromatic carbocycles. The van der Waals surface area contributed by atoms with Crippen LogP contribution >= 0.6 is 23.2 Å². The highest BCUT2D eigenvalue weighted by Gasteiger charge is 2.17. The summed E-state index contributed by atoms with van der Waals surface area (Å²) in [6.45, 7) is 14.7. The molecule has 1 atom stereocenters. The van der Waals surface area contributed by atoms with Crippen molar-refractivity contribution in [3.8, 4) is 5.75 Å². The number of rotatable bonds is 16. The van der Waals surface area contributed by atoms with E-state index in [0.717, 1.165) is 67.7 Å². The van der Waals surface area contributed by atoms with Gasteiger partial charge in [0.25, 0.3) is 0 Å². The third-order valence-electron chi connectivity index (χ3n) is 7.69. The summed E-state index contributed by atoms with van der Waals surface area (Å²) in [5, 5.41) is 22.6. The largest absolute Gasteiger partial charge is 0.494 e. The maximum atomic E-state index is 11.1. The zero-order valence-corrected chi connectivity index (χ0v) is 30.8. The summed E-state index contributed by atoms with van der Waals surface area (Å²) in [5.74, 6) is 0.793. The van der Waals surface area contributed by atoms with Crippen LogP contribution in [0.25, 0.3) is 17.8 Å². The first-order valence-corrected chi connectivity index (χ1v) is 16.8. The highest BCUT2D eigenvalue weighted by Crippen LogP contribution is 2.37. The van der Waals surface area contributed by atoms with Gasteiger partial charge < -0.3 is 19.9 Å². The lowest BCUT2D eigenvalue weighted by molar-refractivity contribution is -0.109. The molecule has 0 saturated carbocycles. The van der Waals surface area contributed by atoms with Gasteiger partial charge in [-0.15, -0.1) is 0 Å². The van der Waals surface area contributed by atoms with Gasteiger partial charge in [-0.1, -0.05) is 41.4 Å². The lowest BCUT2D eigenvalue weighted by Crippen LogP contribution is -2.30. The Bertz CT molecular complexity index is 1750.